The largest absolute Gasteiger partial charge is 0.480 e. The fourth-order valence-corrected chi connectivity index (χ4v) is 3.55. The van der Waals surface area contributed by atoms with Crippen LogP contribution in [0.4, 0.5) is 0 Å². The number of primary amides is 1. The summed E-state index contributed by atoms with van der Waals surface area (Å²) in [5.74, 6) is -3.61. The van der Waals surface area contributed by atoms with Crippen molar-refractivity contribution in [3.05, 3.63) is 18.2 Å². The Hall–Kier alpha value is -3.13. The lowest BCUT2D eigenvalue weighted by Crippen LogP contribution is -2.59. The van der Waals surface area contributed by atoms with Crippen LogP contribution in [0, 0.1) is 5.92 Å². The van der Waals surface area contributed by atoms with Gasteiger partial charge >= 0.3 is 5.97 Å². The standard InChI is InChI=1S/C21H35N7O6S/c1-11(2)17(20(32)26-14(21(33)34)6-7-35-3)28-19(31)15(8-12-9-24-10-25-12)27-18(30)13(22)4-5-16(23)29/h9-11,13-15,17H,4-8,22H2,1-3H3,(H2,23,29)(H,24,25)(H,26,32)(H,27,30)(H,28,31)(H,33,34). The molecule has 0 aliphatic carbocycles. The van der Waals surface area contributed by atoms with Gasteiger partial charge in [0.15, 0.2) is 0 Å². The second kappa shape index (κ2) is 15.0. The minimum atomic E-state index is -1.17. The van der Waals surface area contributed by atoms with Gasteiger partial charge in [-0.3, -0.25) is 19.2 Å². The van der Waals surface area contributed by atoms with Crippen LogP contribution >= 0.6 is 11.8 Å². The molecule has 13 nitrogen and oxygen atoms in total. The molecule has 0 aliphatic rings. The van der Waals surface area contributed by atoms with Crippen molar-refractivity contribution < 1.29 is 29.1 Å². The molecular weight excluding hydrogens is 478 g/mol. The van der Waals surface area contributed by atoms with E-state index < -0.39 is 53.8 Å². The highest BCUT2D eigenvalue weighted by Gasteiger charge is 2.32. The van der Waals surface area contributed by atoms with Crippen LogP contribution in [0.1, 0.15) is 38.8 Å². The maximum atomic E-state index is 13.1. The number of amides is 4. The number of nitrogens with zero attached hydrogens (tertiary/aromatic N) is 1. The molecule has 0 aromatic carbocycles. The number of carbonyl (C=O) groups excluding carboxylic acids is 4. The molecule has 1 aromatic heterocycles. The van der Waals surface area contributed by atoms with E-state index in [-0.39, 0.29) is 31.6 Å². The zero-order valence-corrected chi connectivity index (χ0v) is 20.9. The van der Waals surface area contributed by atoms with E-state index in [1.54, 1.807) is 13.8 Å². The summed E-state index contributed by atoms with van der Waals surface area (Å²) in [6, 6.07) is -4.35. The summed E-state index contributed by atoms with van der Waals surface area (Å²) in [7, 11) is 0. The number of nitrogens with two attached hydrogens (primary N) is 2. The summed E-state index contributed by atoms with van der Waals surface area (Å²) in [6.07, 6.45) is 4.88. The van der Waals surface area contributed by atoms with Gasteiger partial charge < -0.3 is 37.5 Å². The number of carboxylic acids is 1. The van der Waals surface area contributed by atoms with E-state index >= 15 is 0 Å². The molecule has 0 fully saturated rings. The monoisotopic (exact) mass is 513 g/mol. The molecule has 0 saturated carbocycles. The van der Waals surface area contributed by atoms with Crippen LogP contribution in [0.2, 0.25) is 0 Å². The average molecular weight is 514 g/mol. The van der Waals surface area contributed by atoms with Gasteiger partial charge in [0.2, 0.25) is 23.6 Å². The maximum absolute atomic E-state index is 13.1. The summed E-state index contributed by atoms with van der Waals surface area (Å²) in [6.45, 7) is 3.40. The second-order valence-electron chi connectivity index (χ2n) is 8.36. The van der Waals surface area contributed by atoms with Crippen molar-refractivity contribution in [2.45, 2.75) is 63.7 Å². The molecule has 0 radical (unpaired) electrons. The van der Waals surface area contributed by atoms with Crippen LogP contribution in [0.5, 0.6) is 0 Å². The number of hydrogen-bond acceptors (Lipinski definition) is 8. The van der Waals surface area contributed by atoms with Gasteiger partial charge in [-0.25, -0.2) is 9.78 Å². The van der Waals surface area contributed by atoms with Crippen LogP contribution in [0.25, 0.3) is 0 Å². The third-order valence-electron chi connectivity index (χ3n) is 5.12. The van der Waals surface area contributed by atoms with Crippen LogP contribution in [-0.4, -0.2) is 80.8 Å². The lowest BCUT2D eigenvalue weighted by molar-refractivity contribution is -0.142. The molecule has 0 saturated heterocycles. The predicted octanol–water partition coefficient (Wildman–Crippen LogP) is -1.51. The van der Waals surface area contributed by atoms with Crippen molar-refractivity contribution >= 4 is 41.4 Å². The van der Waals surface area contributed by atoms with Crippen molar-refractivity contribution in [3.63, 3.8) is 0 Å². The van der Waals surface area contributed by atoms with E-state index in [1.165, 1.54) is 24.3 Å². The normalized spacial score (nSPS) is 14.4. The van der Waals surface area contributed by atoms with Gasteiger partial charge in [0.1, 0.15) is 18.1 Å². The second-order valence-corrected chi connectivity index (χ2v) is 9.35. The average Bonchev–Trinajstić information content (AvgIpc) is 3.30. The molecule has 196 valence electrons. The highest BCUT2D eigenvalue weighted by Crippen LogP contribution is 2.08. The Morgan fingerprint density at radius 3 is 2.23 bits per heavy atom. The Morgan fingerprint density at radius 1 is 1.06 bits per heavy atom. The zero-order chi connectivity index (χ0) is 26.5. The SMILES string of the molecule is CSCCC(NC(=O)C(NC(=O)C(Cc1cnc[nH]1)NC(=O)C(N)CCC(N)=O)C(C)C)C(=O)O. The molecule has 0 aliphatic heterocycles. The molecule has 1 rings (SSSR count). The molecule has 14 heteroatoms. The van der Waals surface area contributed by atoms with Crippen molar-refractivity contribution in [2.24, 2.45) is 17.4 Å². The van der Waals surface area contributed by atoms with Crippen LogP contribution in [-0.2, 0) is 30.4 Å². The first-order valence-electron chi connectivity index (χ1n) is 11.1. The Kier molecular flexibility index (Phi) is 12.8. The molecule has 0 bridgehead atoms. The summed E-state index contributed by atoms with van der Waals surface area (Å²) < 4.78 is 0. The molecule has 0 spiro atoms. The van der Waals surface area contributed by atoms with Crippen LogP contribution in [0.3, 0.4) is 0 Å². The molecule has 1 heterocycles. The molecule has 35 heavy (non-hydrogen) atoms. The molecule has 4 atom stereocenters. The van der Waals surface area contributed by atoms with Crippen molar-refractivity contribution in [1.29, 1.82) is 0 Å². The number of thioether (sulfide) groups is 1. The summed E-state index contributed by atoms with van der Waals surface area (Å²) in [4.78, 5) is 67.7. The maximum Gasteiger partial charge on any atom is 0.326 e. The van der Waals surface area contributed by atoms with Gasteiger partial charge in [-0.05, 0) is 30.8 Å². The highest BCUT2D eigenvalue weighted by molar-refractivity contribution is 7.98. The lowest BCUT2D eigenvalue weighted by Gasteiger charge is -2.27. The van der Waals surface area contributed by atoms with Crippen molar-refractivity contribution in [3.8, 4) is 0 Å². The van der Waals surface area contributed by atoms with Gasteiger partial charge in [-0.15, -0.1) is 0 Å². The third-order valence-corrected chi connectivity index (χ3v) is 5.77. The Bertz CT molecular complexity index is 864. The minimum Gasteiger partial charge on any atom is -0.480 e. The molecule has 1 aromatic rings. The molecule has 4 unspecified atom stereocenters. The van der Waals surface area contributed by atoms with Crippen molar-refractivity contribution in [2.75, 3.05) is 12.0 Å². The molecule has 9 N–H and O–H groups in total. The van der Waals surface area contributed by atoms with E-state index in [2.05, 4.69) is 25.9 Å². The summed E-state index contributed by atoms with van der Waals surface area (Å²) in [5.41, 5.74) is 11.5. The Morgan fingerprint density at radius 2 is 1.71 bits per heavy atom. The van der Waals surface area contributed by atoms with E-state index in [0.29, 0.717) is 11.4 Å². The quantitative estimate of drug-likeness (QED) is 0.136. The zero-order valence-electron chi connectivity index (χ0n) is 20.1. The van der Waals surface area contributed by atoms with Gasteiger partial charge in [-0.2, -0.15) is 11.8 Å². The van der Waals surface area contributed by atoms with Crippen molar-refractivity contribution in [1.82, 2.24) is 25.9 Å². The molecule has 4 amide bonds. The van der Waals surface area contributed by atoms with Gasteiger partial charge in [-0.1, -0.05) is 13.8 Å². The predicted molar refractivity (Wildman–Crippen MR) is 130 cm³/mol. The first-order valence-corrected chi connectivity index (χ1v) is 12.5. The van der Waals surface area contributed by atoms with E-state index in [9.17, 15) is 29.1 Å². The third kappa shape index (κ3) is 10.8. The highest BCUT2D eigenvalue weighted by atomic mass is 32.2. The number of rotatable bonds is 16. The fraction of sp³-hybridized carbons (Fsp3) is 0.619. The first-order chi connectivity index (χ1) is 16.5. The summed E-state index contributed by atoms with van der Waals surface area (Å²) in [5, 5.41) is 17.0. The van der Waals surface area contributed by atoms with E-state index in [0.717, 1.165) is 0 Å². The van der Waals surface area contributed by atoms with Crippen LogP contribution in [0.15, 0.2) is 12.5 Å². The number of nitrogens with one attached hydrogen (secondary N) is 4. The van der Waals surface area contributed by atoms with Gasteiger partial charge in [0.25, 0.3) is 0 Å². The van der Waals surface area contributed by atoms with E-state index in [1.807, 2.05) is 6.26 Å². The number of carbonyl (C=O) groups is 5. The first kappa shape index (κ1) is 29.9. The number of imidazole rings is 1. The number of carboxylic acid groups (broad SMARTS) is 1. The Labute approximate surface area is 207 Å². The topological polar surface area (TPSA) is 222 Å². The van der Waals surface area contributed by atoms with Crippen LogP contribution < -0.4 is 27.4 Å². The van der Waals surface area contributed by atoms with Gasteiger partial charge in [0, 0.05) is 24.7 Å². The lowest BCUT2D eigenvalue weighted by atomic mass is 10.0. The van der Waals surface area contributed by atoms with E-state index in [4.69, 9.17) is 11.5 Å². The number of aromatic amines is 1. The smallest absolute Gasteiger partial charge is 0.326 e. The summed E-state index contributed by atoms with van der Waals surface area (Å²) >= 11 is 1.45. The van der Waals surface area contributed by atoms with Gasteiger partial charge in [0.05, 0.1) is 12.4 Å². The molecular formula is C21H35N7O6S. The minimum absolute atomic E-state index is 0.00319. The number of aliphatic carboxylic acids is 1. The fourth-order valence-electron chi connectivity index (χ4n) is 3.08. The number of hydrogen-bond donors (Lipinski definition) is 7. The number of aromatic nitrogens is 2. The number of H-pyrrole nitrogens is 1. The Balaban J connectivity index is 2.98.